The minimum absolute atomic E-state index is 0. The van der Waals surface area contributed by atoms with Crippen LogP contribution in [-0.2, 0) is 11.2 Å². The molecule has 1 atom stereocenters. The van der Waals surface area contributed by atoms with Crippen molar-refractivity contribution in [1.29, 1.82) is 0 Å². The molecule has 19 heavy (non-hydrogen) atoms. The van der Waals surface area contributed by atoms with Gasteiger partial charge in [0.2, 0.25) is 5.91 Å². The minimum Gasteiger partial charge on any atom is -0.352 e. The standard InChI is InChI=1S/C14H22N2OS.ClH/c15-9-13(12-4-2-1-3-5-12)16-14(17)8-11-6-7-18-10-11;/h6-7,10,12-13H,1-5,8-9,15H2,(H,16,17);1H. The monoisotopic (exact) mass is 302 g/mol. The summed E-state index contributed by atoms with van der Waals surface area (Å²) in [5.74, 6) is 0.685. The molecule has 0 aliphatic heterocycles. The van der Waals surface area contributed by atoms with Gasteiger partial charge in [0.05, 0.1) is 6.42 Å². The summed E-state index contributed by atoms with van der Waals surface area (Å²) in [6.45, 7) is 0.556. The van der Waals surface area contributed by atoms with Gasteiger partial charge in [-0.25, -0.2) is 0 Å². The molecule has 0 saturated heterocycles. The van der Waals surface area contributed by atoms with Gasteiger partial charge < -0.3 is 11.1 Å². The maximum atomic E-state index is 12.0. The highest BCUT2D eigenvalue weighted by Gasteiger charge is 2.23. The highest BCUT2D eigenvalue weighted by atomic mass is 35.5. The molecule has 5 heteroatoms. The second-order valence-corrected chi connectivity index (χ2v) is 5.90. The van der Waals surface area contributed by atoms with Crippen LogP contribution < -0.4 is 11.1 Å². The first-order valence-electron chi connectivity index (χ1n) is 6.80. The Morgan fingerprint density at radius 1 is 1.42 bits per heavy atom. The van der Waals surface area contributed by atoms with E-state index in [1.807, 2.05) is 16.8 Å². The molecule has 3 N–H and O–H groups in total. The van der Waals surface area contributed by atoms with E-state index in [-0.39, 0.29) is 24.4 Å². The molecule has 1 unspecified atom stereocenters. The lowest BCUT2D eigenvalue weighted by Crippen LogP contribution is -2.46. The Morgan fingerprint density at radius 2 is 2.16 bits per heavy atom. The molecule has 1 aliphatic rings. The van der Waals surface area contributed by atoms with E-state index >= 15 is 0 Å². The van der Waals surface area contributed by atoms with Crippen molar-refractivity contribution in [2.45, 2.75) is 44.6 Å². The van der Waals surface area contributed by atoms with Crippen LogP contribution in [-0.4, -0.2) is 18.5 Å². The number of nitrogens with one attached hydrogen (secondary N) is 1. The average molecular weight is 303 g/mol. The number of thiophene rings is 1. The van der Waals surface area contributed by atoms with Gasteiger partial charge in [-0.15, -0.1) is 12.4 Å². The van der Waals surface area contributed by atoms with Crippen LogP contribution >= 0.6 is 23.7 Å². The molecule has 2 rings (SSSR count). The average Bonchev–Trinajstić information content (AvgIpc) is 2.90. The number of halogens is 1. The van der Waals surface area contributed by atoms with E-state index in [2.05, 4.69) is 5.32 Å². The third-order valence-corrected chi connectivity index (χ3v) is 4.50. The van der Waals surface area contributed by atoms with Gasteiger partial charge >= 0.3 is 0 Å². The maximum absolute atomic E-state index is 12.0. The molecule has 0 bridgehead atoms. The lowest BCUT2D eigenvalue weighted by atomic mass is 9.84. The number of hydrogen-bond donors (Lipinski definition) is 2. The Kier molecular flexibility index (Phi) is 7.42. The molecule has 3 nitrogen and oxygen atoms in total. The molecule has 1 aromatic heterocycles. The first-order chi connectivity index (χ1) is 8.79. The fraction of sp³-hybridized carbons (Fsp3) is 0.643. The molecule has 1 aromatic rings. The summed E-state index contributed by atoms with van der Waals surface area (Å²) >= 11 is 1.63. The number of hydrogen-bond acceptors (Lipinski definition) is 3. The van der Waals surface area contributed by atoms with Crippen molar-refractivity contribution in [1.82, 2.24) is 5.32 Å². The Balaban J connectivity index is 0.00000180. The Labute approximate surface area is 125 Å². The third kappa shape index (κ3) is 5.13. The zero-order valence-corrected chi connectivity index (χ0v) is 12.8. The summed E-state index contributed by atoms with van der Waals surface area (Å²) in [4.78, 5) is 12.0. The number of carbonyl (C=O) groups is 1. The van der Waals surface area contributed by atoms with Crippen molar-refractivity contribution >= 4 is 29.7 Å². The van der Waals surface area contributed by atoms with Crippen molar-refractivity contribution in [3.05, 3.63) is 22.4 Å². The van der Waals surface area contributed by atoms with Gasteiger partial charge in [0, 0.05) is 12.6 Å². The summed E-state index contributed by atoms with van der Waals surface area (Å²) in [6, 6.07) is 2.17. The van der Waals surface area contributed by atoms with E-state index in [9.17, 15) is 4.79 Å². The van der Waals surface area contributed by atoms with E-state index in [0.29, 0.717) is 18.9 Å². The van der Waals surface area contributed by atoms with Gasteiger partial charge in [-0.3, -0.25) is 4.79 Å². The summed E-state index contributed by atoms with van der Waals surface area (Å²) in [7, 11) is 0. The summed E-state index contributed by atoms with van der Waals surface area (Å²) in [5.41, 5.74) is 6.91. The number of carbonyl (C=O) groups excluding carboxylic acids is 1. The summed E-state index contributed by atoms with van der Waals surface area (Å²) in [5, 5.41) is 7.14. The number of amides is 1. The lowest BCUT2D eigenvalue weighted by Gasteiger charge is -2.30. The highest BCUT2D eigenvalue weighted by molar-refractivity contribution is 7.07. The zero-order chi connectivity index (χ0) is 12.8. The minimum atomic E-state index is 0. The third-order valence-electron chi connectivity index (χ3n) is 3.76. The van der Waals surface area contributed by atoms with E-state index in [0.717, 1.165) is 5.56 Å². The first kappa shape index (κ1) is 16.5. The van der Waals surface area contributed by atoms with Crippen LogP contribution in [0, 0.1) is 5.92 Å². The van der Waals surface area contributed by atoms with Crippen LogP contribution in [0.5, 0.6) is 0 Å². The number of rotatable bonds is 5. The Hall–Kier alpha value is -0.580. The van der Waals surface area contributed by atoms with Gasteiger partial charge in [-0.05, 0) is 41.1 Å². The smallest absolute Gasteiger partial charge is 0.224 e. The normalized spacial score (nSPS) is 17.5. The van der Waals surface area contributed by atoms with Crippen LogP contribution in [0.25, 0.3) is 0 Å². The Bertz CT molecular complexity index is 364. The second-order valence-electron chi connectivity index (χ2n) is 5.12. The zero-order valence-electron chi connectivity index (χ0n) is 11.1. The van der Waals surface area contributed by atoms with Gasteiger partial charge in [-0.2, -0.15) is 11.3 Å². The van der Waals surface area contributed by atoms with Gasteiger partial charge in [0.25, 0.3) is 0 Å². The molecule has 1 saturated carbocycles. The van der Waals surface area contributed by atoms with Crippen molar-refractivity contribution in [3.8, 4) is 0 Å². The molecule has 0 aromatic carbocycles. The molecular weight excluding hydrogens is 280 g/mol. The van der Waals surface area contributed by atoms with E-state index in [1.165, 1.54) is 32.1 Å². The van der Waals surface area contributed by atoms with Crippen LogP contribution in [0.3, 0.4) is 0 Å². The van der Waals surface area contributed by atoms with E-state index < -0.39 is 0 Å². The molecule has 1 amide bonds. The van der Waals surface area contributed by atoms with Crippen molar-refractivity contribution < 1.29 is 4.79 Å². The van der Waals surface area contributed by atoms with Gasteiger partial charge in [0.1, 0.15) is 0 Å². The quantitative estimate of drug-likeness (QED) is 0.879. The molecule has 1 fully saturated rings. The highest BCUT2D eigenvalue weighted by Crippen LogP contribution is 2.26. The van der Waals surface area contributed by atoms with Crippen molar-refractivity contribution in [3.63, 3.8) is 0 Å². The molecular formula is C14H23ClN2OS. The predicted molar refractivity (Wildman–Crippen MR) is 82.8 cm³/mol. The van der Waals surface area contributed by atoms with Crippen LogP contribution in [0.2, 0.25) is 0 Å². The predicted octanol–water partition coefficient (Wildman–Crippen LogP) is 2.74. The van der Waals surface area contributed by atoms with Crippen LogP contribution in [0.1, 0.15) is 37.7 Å². The fourth-order valence-corrected chi connectivity index (χ4v) is 3.41. The largest absolute Gasteiger partial charge is 0.352 e. The van der Waals surface area contributed by atoms with Crippen LogP contribution in [0.15, 0.2) is 16.8 Å². The summed E-state index contributed by atoms with van der Waals surface area (Å²) < 4.78 is 0. The van der Waals surface area contributed by atoms with Gasteiger partial charge in [0.15, 0.2) is 0 Å². The topological polar surface area (TPSA) is 55.1 Å². The molecule has 0 radical (unpaired) electrons. The van der Waals surface area contributed by atoms with Crippen LogP contribution in [0.4, 0.5) is 0 Å². The summed E-state index contributed by atoms with van der Waals surface area (Å²) in [6.07, 6.45) is 6.79. The second kappa shape index (κ2) is 8.56. The molecule has 1 heterocycles. The Morgan fingerprint density at radius 3 is 2.74 bits per heavy atom. The van der Waals surface area contributed by atoms with Crippen molar-refractivity contribution in [2.75, 3.05) is 6.54 Å². The van der Waals surface area contributed by atoms with Gasteiger partial charge in [-0.1, -0.05) is 19.3 Å². The van der Waals surface area contributed by atoms with E-state index in [1.54, 1.807) is 11.3 Å². The fourth-order valence-electron chi connectivity index (χ4n) is 2.74. The maximum Gasteiger partial charge on any atom is 0.224 e. The molecule has 1 aliphatic carbocycles. The number of nitrogens with two attached hydrogens (primary N) is 1. The van der Waals surface area contributed by atoms with Crippen molar-refractivity contribution in [2.24, 2.45) is 11.7 Å². The van der Waals surface area contributed by atoms with E-state index in [4.69, 9.17) is 5.73 Å². The molecule has 0 spiro atoms. The lowest BCUT2D eigenvalue weighted by molar-refractivity contribution is -0.121. The SMILES string of the molecule is Cl.NCC(NC(=O)Cc1ccsc1)C1CCCCC1. The molecule has 108 valence electrons. The first-order valence-corrected chi connectivity index (χ1v) is 7.74.